The van der Waals surface area contributed by atoms with Gasteiger partial charge in [-0.05, 0) is 32.9 Å². The minimum absolute atomic E-state index is 0.00325. The molecule has 5 nitrogen and oxygen atoms in total. The number of hydrazone groups is 1. The first-order valence-electron chi connectivity index (χ1n) is 10.3. The summed E-state index contributed by atoms with van der Waals surface area (Å²) in [5, 5.41) is 7.75. The number of benzene rings is 2. The molecule has 1 saturated heterocycles. The average molecular weight is 419 g/mol. The summed E-state index contributed by atoms with van der Waals surface area (Å²) < 4.78 is 0. The van der Waals surface area contributed by atoms with E-state index in [1.807, 2.05) is 67.6 Å². The number of carbonyl (C=O) groups is 1. The maximum Gasteiger partial charge on any atom is 0.243 e. The SMILES string of the molecule is Cc1nc(CN2CCC(C(=O)NN=C(c3ccccc3)c3ccccc3)CC2)cs1. The molecule has 154 valence electrons. The summed E-state index contributed by atoms with van der Waals surface area (Å²) in [5.74, 6) is -0.00141. The molecule has 6 heteroatoms. The number of aromatic nitrogens is 1. The fourth-order valence-corrected chi connectivity index (χ4v) is 4.36. The normalized spacial score (nSPS) is 15.0. The van der Waals surface area contributed by atoms with Crippen LogP contribution in [0.1, 0.15) is 34.7 Å². The Morgan fingerprint density at radius 2 is 1.67 bits per heavy atom. The van der Waals surface area contributed by atoms with E-state index >= 15 is 0 Å². The maximum absolute atomic E-state index is 12.8. The first-order valence-corrected chi connectivity index (χ1v) is 11.2. The zero-order valence-corrected chi connectivity index (χ0v) is 17.9. The summed E-state index contributed by atoms with van der Waals surface area (Å²) >= 11 is 1.69. The van der Waals surface area contributed by atoms with Crippen LogP contribution in [0.3, 0.4) is 0 Å². The average Bonchev–Trinajstić information content (AvgIpc) is 3.20. The number of hydrogen-bond donors (Lipinski definition) is 1. The van der Waals surface area contributed by atoms with Crippen LogP contribution >= 0.6 is 11.3 Å². The summed E-state index contributed by atoms with van der Waals surface area (Å²) in [7, 11) is 0. The van der Waals surface area contributed by atoms with Crippen molar-refractivity contribution in [2.24, 2.45) is 11.0 Å². The molecule has 1 fully saturated rings. The monoisotopic (exact) mass is 418 g/mol. The number of likely N-dealkylation sites (tertiary alicyclic amines) is 1. The van der Waals surface area contributed by atoms with Crippen molar-refractivity contribution in [1.82, 2.24) is 15.3 Å². The number of nitrogens with one attached hydrogen (secondary N) is 1. The number of rotatable bonds is 6. The highest BCUT2D eigenvalue weighted by Gasteiger charge is 2.25. The van der Waals surface area contributed by atoms with E-state index in [-0.39, 0.29) is 11.8 Å². The van der Waals surface area contributed by atoms with E-state index < -0.39 is 0 Å². The Morgan fingerprint density at radius 3 is 2.20 bits per heavy atom. The van der Waals surface area contributed by atoms with Crippen molar-refractivity contribution in [3.05, 3.63) is 87.9 Å². The molecule has 0 atom stereocenters. The van der Waals surface area contributed by atoms with Crippen LogP contribution in [0.2, 0.25) is 0 Å². The second-order valence-electron chi connectivity index (χ2n) is 7.58. The topological polar surface area (TPSA) is 57.6 Å². The van der Waals surface area contributed by atoms with Gasteiger partial charge in [0.2, 0.25) is 5.91 Å². The Labute approximate surface area is 181 Å². The molecule has 0 unspecified atom stereocenters. The number of hydrogen-bond acceptors (Lipinski definition) is 5. The molecule has 2 heterocycles. The summed E-state index contributed by atoms with van der Waals surface area (Å²) in [6.07, 6.45) is 1.69. The Kier molecular flexibility index (Phi) is 6.67. The van der Waals surface area contributed by atoms with Gasteiger partial charge in [0, 0.05) is 29.0 Å². The third kappa shape index (κ3) is 5.20. The van der Waals surface area contributed by atoms with Crippen molar-refractivity contribution in [2.45, 2.75) is 26.3 Å². The molecule has 0 aliphatic carbocycles. The molecule has 1 amide bonds. The minimum atomic E-state index is -0.00466. The number of nitrogens with zero attached hydrogens (tertiary/aromatic N) is 3. The number of aryl methyl sites for hydroxylation is 1. The lowest BCUT2D eigenvalue weighted by atomic mass is 9.96. The van der Waals surface area contributed by atoms with Gasteiger partial charge in [0.1, 0.15) is 0 Å². The molecule has 1 aromatic heterocycles. The zero-order chi connectivity index (χ0) is 20.8. The van der Waals surface area contributed by atoms with E-state index in [0.29, 0.717) is 0 Å². The van der Waals surface area contributed by atoms with Gasteiger partial charge in [-0.25, -0.2) is 10.4 Å². The number of amides is 1. The maximum atomic E-state index is 12.8. The minimum Gasteiger partial charge on any atom is -0.297 e. The van der Waals surface area contributed by atoms with Gasteiger partial charge in [-0.2, -0.15) is 5.10 Å². The van der Waals surface area contributed by atoms with Crippen LogP contribution in [-0.2, 0) is 11.3 Å². The molecule has 2 aromatic carbocycles. The van der Waals surface area contributed by atoms with E-state index in [9.17, 15) is 4.79 Å². The van der Waals surface area contributed by atoms with E-state index in [1.54, 1.807) is 11.3 Å². The van der Waals surface area contributed by atoms with E-state index in [0.717, 1.165) is 60.0 Å². The number of carbonyl (C=O) groups excluding carboxylic acids is 1. The molecule has 1 N–H and O–H groups in total. The van der Waals surface area contributed by atoms with Crippen molar-refractivity contribution in [2.75, 3.05) is 13.1 Å². The summed E-state index contributed by atoms with van der Waals surface area (Å²) in [5.41, 5.74) is 6.71. The molecule has 1 aliphatic heterocycles. The van der Waals surface area contributed by atoms with Gasteiger partial charge in [-0.3, -0.25) is 9.69 Å². The van der Waals surface area contributed by atoms with Gasteiger partial charge in [0.25, 0.3) is 0 Å². The van der Waals surface area contributed by atoms with Crippen LogP contribution in [0.15, 0.2) is 71.1 Å². The Morgan fingerprint density at radius 1 is 1.07 bits per heavy atom. The fraction of sp³-hybridized carbons (Fsp3) is 0.292. The van der Waals surface area contributed by atoms with Crippen molar-refractivity contribution in [3.8, 4) is 0 Å². The molecule has 0 radical (unpaired) electrons. The fourth-order valence-electron chi connectivity index (χ4n) is 3.75. The molecule has 0 spiro atoms. The lowest BCUT2D eigenvalue weighted by Gasteiger charge is -2.30. The first-order chi connectivity index (χ1) is 14.7. The van der Waals surface area contributed by atoms with Crippen LogP contribution in [0, 0.1) is 12.8 Å². The molecule has 4 rings (SSSR count). The van der Waals surface area contributed by atoms with E-state index in [4.69, 9.17) is 0 Å². The van der Waals surface area contributed by atoms with E-state index in [1.165, 1.54) is 0 Å². The smallest absolute Gasteiger partial charge is 0.243 e. The number of thiazole rings is 1. The van der Waals surface area contributed by atoms with Crippen molar-refractivity contribution in [1.29, 1.82) is 0 Å². The van der Waals surface area contributed by atoms with Crippen LogP contribution < -0.4 is 5.43 Å². The Balaban J connectivity index is 1.38. The van der Waals surface area contributed by atoms with Crippen LogP contribution in [-0.4, -0.2) is 34.6 Å². The lowest BCUT2D eigenvalue weighted by molar-refractivity contribution is -0.126. The zero-order valence-electron chi connectivity index (χ0n) is 17.1. The van der Waals surface area contributed by atoms with Crippen molar-refractivity contribution < 1.29 is 4.79 Å². The van der Waals surface area contributed by atoms with Gasteiger partial charge in [0.15, 0.2) is 0 Å². The third-order valence-electron chi connectivity index (χ3n) is 5.38. The van der Waals surface area contributed by atoms with E-state index in [2.05, 4.69) is 25.8 Å². The predicted octanol–water partition coefficient (Wildman–Crippen LogP) is 4.23. The van der Waals surface area contributed by atoms with Gasteiger partial charge in [-0.15, -0.1) is 11.3 Å². The molecule has 0 bridgehead atoms. The standard InChI is InChI=1S/C24H26N4OS/c1-18-25-22(17-30-18)16-28-14-12-21(13-15-28)24(29)27-26-23(19-8-4-2-5-9-19)20-10-6-3-7-11-20/h2-11,17,21H,12-16H2,1H3,(H,27,29). The van der Waals surface area contributed by atoms with Crippen LogP contribution in [0.4, 0.5) is 0 Å². The highest BCUT2D eigenvalue weighted by atomic mass is 32.1. The molecule has 3 aromatic rings. The van der Waals surface area contributed by atoms with Crippen molar-refractivity contribution in [3.63, 3.8) is 0 Å². The molecular formula is C24H26N4OS. The highest BCUT2D eigenvalue weighted by Crippen LogP contribution is 2.20. The number of piperidine rings is 1. The lowest BCUT2D eigenvalue weighted by Crippen LogP contribution is -2.39. The second-order valence-corrected chi connectivity index (χ2v) is 8.64. The van der Waals surface area contributed by atoms with Gasteiger partial charge in [0.05, 0.1) is 16.4 Å². The predicted molar refractivity (Wildman–Crippen MR) is 122 cm³/mol. The third-order valence-corrected chi connectivity index (χ3v) is 6.21. The first kappa shape index (κ1) is 20.4. The summed E-state index contributed by atoms with van der Waals surface area (Å²) in [4.78, 5) is 19.7. The largest absolute Gasteiger partial charge is 0.297 e. The summed E-state index contributed by atoms with van der Waals surface area (Å²) in [6, 6.07) is 19.9. The van der Waals surface area contributed by atoms with Crippen LogP contribution in [0.5, 0.6) is 0 Å². The quantitative estimate of drug-likeness (QED) is 0.481. The molecule has 0 saturated carbocycles. The van der Waals surface area contributed by atoms with Gasteiger partial charge < -0.3 is 0 Å². The van der Waals surface area contributed by atoms with Crippen molar-refractivity contribution >= 4 is 23.0 Å². The molecule has 30 heavy (non-hydrogen) atoms. The second kappa shape index (κ2) is 9.78. The Bertz CT molecular complexity index is 951. The van der Waals surface area contributed by atoms with Gasteiger partial charge >= 0.3 is 0 Å². The Hall–Kier alpha value is -2.83. The summed E-state index contributed by atoms with van der Waals surface area (Å²) in [6.45, 7) is 4.71. The molecular weight excluding hydrogens is 392 g/mol. The molecule has 1 aliphatic rings. The van der Waals surface area contributed by atoms with Gasteiger partial charge in [-0.1, -0.05) is 60.7 Å². The van der Waals surface area contributed by atoms with Crippen LogP contribution in [0.25, 0.3) is 0 Å². The highest BCUT2D eigenvalue weighted by molar-refractivity contribution is 7.09.